The van der Waals surface area contributed by atoms with Crippen molar-refractivity contribution < 1.29 is 0 Å². The summed E-state index contributed by atoms with van der Waals surface area (Å²) < 4.78 is 1.20. The van der Waals surface area contributed by atoms with Crippen LogP contribution in [0.3, 0.4) is 0 Å². The molecule has 0 aromatic carbocycles. The van der Waals surface area contributed by atoms with Gasteiger partial charge in [0.2, 0.25) is 0 Å². The summed E-state index contributed by atoms with van der Waals surface area (Å²) in [6.07, 6.45) is 2.09. The van der Waals surface area contributed by atoms with E-state index >= 15 is 0 Å². The summed E-state index contributed by atoms with van der Waals surface area (Å²) in [6, 6.07) is 2.08. The lowest BCUT2D eigenvalue weighted by Gasteiger charge is -2.07. The Balaban J connectivity index is 2.13. The summed E-state index contributed by atoms with van der Waals surface area (Å²) in [5.41, 5.74) is 0. The molecule has 0 aliphatic carbocycles. The van der Waals surface area contributed by atoms with Crippen LogP contribution in [0.25, 0.3) is 0 Å². The number of alkyl halides is 1. The van der Waals surface area contributed by atoms with E-state index in [-0.39, 0.29) is 0 Å². The summed E-state index contributed by atoms with van der Waals surface area (Å²) in [4.78, 5) is 1.35. The van der Waals surface area contributed by atoms with E-state index in [1.807, 2.05) is 0 Å². The van der Waals surface area contributed by atoms with E-state index in [0.717, 1.165) is 25.9 Å². The second kappa shape index (κ2) is 6.83. The molecule has 0 saturated heterocycles. The first kappa shape index (κ1) is 12.5. The summed E-state index contributed by atoms with van der Waals surface area (Å²) in [7, 11) is 0. The molecule has 0 bridgehead atoms. The largest absolute Gasteiger partial charge is 0.312 e. The highest BCUT2D eigenvalue weighted by molar-refractivity contribution is 9.10. The fourth-order valence-electron chi connectivity index (χ4n) is 1.12. The second-order valence-electron chi connectivity index (χ2n) is 3.16. The van der Waals surface area contributed by atoms with Crippen molar-refractivity contribution >= 4 is 38.9 Å². The third-order valence-corrected chi connectivity index (χ3v) is 4.51. The Morgan fingerprint density at radius 2 is 2.43 bits per heavy atom. The summed E-state index contributed by atoms with van der Waals surface area (Å²) >= 11 is 11.3. The minimum atomic E-state index is 0.314. The van der Waals surface area contributed by atoms with E-state index in [0.29, 0.717) is 5.38 Å². The average molecular weight is 297 g/mol. The van der Waals surface area contributed by atoms with E-state index in [1.165, 1.54) is 9.35 Å². The molecule has 1 aromatic heterocycles. The van der Waals surface area contributed by atoms with Crippen LogP contribution in [0.1, 0.15) is 24.6 Å². The maximum atomic E-state index is 6.01. The van der Waals surface area contributed by atoms with Crippen molar-refractivity contribution in [2.45, 2.75) is 31.7 Å². The minimum Gasteiger partial charge on any atom is -0.312 e. The highest BCUT2D eigenvalue weighted by Gasteiger charge is 2.02. The number of hydrogen-bond donors (Lipinski definition) is 1. The molecule has 0 fully saturated rings. The van der Waals surface area contributed by atoms with Crippen molar-refractivity contribution in [3.8, 4) is 0 Å². The fraction of sp³-hybridized carbons (Fsp3) is 0.600. The molecule has 1 unspecified atom stereocenters. The number of rotatable bonds is 6. The van der Waals surface area contributed by atoms with Crippen LogP contribution in [0, 0.1) is 0 Å². The highest BCUT2D eigenvalue weighted by Crippen LogP contribution is 2.22. The molecule has 1 N–H and O–H groups in total. The number of halogens is 2. The van der Waals surface area contributed by atoms with Crippen LogP contribution in [0.2, 0.25) is 0 Å². The Labute approximate surface area is 103 Å². The summed E-state index contributed by atoms with van der Waals surface area (Å²) in [5, 5.41) is 5.80. The van der Waals surface area contributed by atoms with Gasteiger partial charge in [-0.25, -0.2) is 0 Å². The maximum absolute atomic E-state index is 6.01. The predicted octanol–water partition coefficient (Wildman–Crippen LogP) is 4.01. The third kappa shape index (κ3) is 4.30. The van der Waals surface area contributed by atoms with E-state index in [1.54, 1.807) is 11.3 Å². The molecule has 0 aliphatic rings. The molecule has 0 saturated carbocycles. The van der Waals surface area contributed by atoms with Crippen molar-refractivity contribution in [2.24, 2.45) is 0 Å². The van der Waals surface area contributed by atoms with Crippen LogP contribution in [0.4, 0.5) is 0 Å². The molecule has 1 aromatic rings. The van der Waals surface area contributed by atoms with E-state index in [4.69, 9.17) is 11.6 Å². The highest BCUT2D eigenvalue weighted by atomic mass is 79.9. The van der Waals surface area contributed by atoms with Gasteiger partial charge in [-0.15, -0.1) is 22.9 Å². The first-order valence-corrected chi connectivity index (χ1v) is 6.91. The molecule has 4 heteroatoms. The normalized spacial score (nSPS) is 13.1. The lowest BCUT2D eigenvalue weighted by molar-refractivity contribution is 0.624. The second-order valence-corrected chi connectivity index (χ2v) is 5.63. The number of thiophene rings is 1. The maximum Gasteiger partial charge on any atom is 0.0345 e. The van der Waals surface area contributed by atoms with Gasteiger partial charge in [0, 0.05) is 21.3 Å². The Morgan fingerprint density at radius 3 is 3.00 bits per heavy atom. The zero-order valence-corrected chi connectivity index (χ0v) is 11.4. The van der Waals surface area contributed by atoms with E-state index in [2.05, 4.69) is 39.6 Å². The molecule has 0 aliphatic heterocycles. The smallest absolute Gasteiger partial charge is 0.0345 e. The van der Waals surface area contributed by atoms with Crippen LogP contribution in [-0.2, 0) is 6.54 Å². The number of nitrogens with one attached hydrogen (secondary N) is 1. The molecule has 1 nitrogen and oxygen atoms in total. The van der Waals surface area contributed by atoms with Crippen molar-refractivity contribution in [3.05, 3.63) is 20.8 Å². The molecule has 14 heavy (non-hydrogen) atoms. The van der Waals surface area contributed by atoms with Gasteiger partial charge in [0.15, 0.2) is 0 Å². The summed E-state index contributed by atoms with van der Waals surface area (Å²) in [6.45, 7) is 4.05. The van der Waals surface area contributed by atoms with Gasteiger partial charge in [0.25, 0.3) is 0 Å². The van der Waals surface area contributed by atoms with Crippen LogP contribution in [0.15, 0.2) is 15.9 Å². The lowest BCUT2D eigenvalue weighted by atomic mass is 10.2. The van der Waals surface area contributed by atoms with Crippen LogP contribution >= 0.6 is 38.9 Å². The molecule has 1 atom stereocenters. The van der Waals surface area contributed by atoms with Gasteiger partial charge in [-0.05, 0) is 46.8 Å². The third-order valence-electron chi connectivity index (χ3n) is 2.05. The summed E-state index contributed by atoms with van der Waals surface area (Å²) in [5.74, 6) is 0. The number of hydrogen-bond acceptors (Lipinski definition) is 2. The van der Waals surface area contributed by atoms with Gasteiger partial charge in [-0.3, -0.25) is 0 Å². The SMILES string of the molecule is CCC(Cl)CCNCc1sccc1Br. The van der Waals surface area contributed by atoms with Crippen molar-refractivity contribution in [2.75, 3.05) is 6.54 Å². The molecular formula is C10H15BrClNS. The Hall–Kier alpha value is 0.430. The Bertz CT molecular complexity index is 264. The van der Waals surface area contributed by atoms with Gasteiger partial charge in [0.1, 0.15) is 0 Å². The molecule has 1 rings (SSSR count). The van der Waals surface area contributed by atoms with Gasteiger partial charge in [-0.2, -0.15) is 0 Å². The molecule has 0 spiro atoms. The molecule has 0 radical (unpaired) electrons. The van der Waals surface area contributed by atoms with Gasteiger partial charge >= 0.3 is 0 Å². The van der Waals surface area contributed by atoms with Gasteiger partial charge in [0.05, 0.1) is 0 Å². The predicted molar refractivity (Wildman–Crippen MR) is 68.3 cm³/mol. The topological polar surface area (TPSA) is 12.0 Å². The average Bonchev–Trinajstić information content (AvgIpc) is 2.58. The van der Waals surface area contributed by atoms with Crippen molar-refractivity contribution in [1.82, 2.24) is 5.32 Å². The van der Waals surface area contributed by atoms with E-state index < -0.39 is 0 Å². The Kier molecular flexibility index (Phi) is 6.10. The molecular weight excluding hydrogens is 282 g/mol. The first-order valence-electron chi connectivity index (χ1n) is 4.80. The minimum absolute atomic E-state index is 0.314. The monoisotopic (exact) mass is 295 g/mol. The van der Waals surface area contributed by atoms with Gasteiger partial charge in [-0.1, -0.05) is 6.92 Å². The van der Waals surface area contributed by atoms with Crippen molar-refractivity contribution in [3.63, 3.8) is 0 Å². The quantitative estimate of drug-likeness (QED) is 0.618. The zero-order valence-electron chi connectivity index (χ0n) is 8.22. The standard InChI is InChI=1S/C10H15BrClNS/c1-2-8(12)3-5-13-7-10-9(11)4-6-14-10/h4,6,8,13H,2-3,5,7H2,1H3. The molecule has 80 valence electrons. The van der Waals surface area contributed by atoms with Crippen LogP contribution < -0.4 is 5.32 Å². The van der Waals surface area contributed by atoms with E-state index in [9.17, 15) is 0 Å². The Morgan fingerprint density at radius 1 is 1.64 bits per heavy atom. The van der Waals surface area contributed by atoms with Gasteiger partial charge < -0.3 is 5.32 Å². The molecule has 0 amide bonds. The zero-order chi connectivity index (χ0) is 10.4. The van der Waals surface area contributed by atoms with Crippen LogP contribution in [0.5, 0.6) is 0 Å². The first-order chi connectivity index (χ1) is 6.74. The van der Waals surface area contributed by atoms with Crippen molar-refractivity contribution in [1.29, 1.82) is 0 Å². The van der Waals surface area contributed by atoms with Crippen LogP contribution in [-0.4, -0.2) is 11.9 Å². The fourth-order valence-corrected chi connectivity index (χ4v) is 2.69. The lowest BCUT2D eigenvalue weighted by Crippen LogP contribution is -2.17. The molecule has 1 heterocycles.